The van der Waals surface area contributed by atoms with Gasteiger partial charge in [-0.3, -0.25) is 9.58 Å². The molecule has 0 radical (unpaired) electrons. The van der Waals surface area contributed by atoms with Crippen LogP contribution in [0.5, 0.6) is 0 Å². The highest BCUT2D eigenvalue weighted by molar-refractivity contribution is 5.54. The molecule has 2 aliphatic rings. The number of nitriles is 1. The van der Waals surface area contributed by atoms with Gasteiger partial charge in [0.1, 0.15) is 11.9 Å². The lowest BCUT2D eigenvalue weighted by Crippen LogP contribution is -2.48. The smallest absolute Gasteiger partial charge is 0.146 e. The van der Waals surface area contributed by atoms with Crippen molar-refractivity contribution >= 4 is 5.82 Å². The number of anilines is 1. The summed E-state index contributed by atoms with van der Waals surface area (Å²) >= 11 is 0. The van der Waals surface area contributed by atoms with E-state index in [-0.39, 0.29) is 0 Å². The molecule has 0 N–H and O–H groups in total. The molecule has 2 aromatic heterocycles. The van der Waals surface area contributed by atoms with Crippen LogP contribution in [0, 0.1) is 17.2 Å². The van der Waals surface area contributed by atoms with Gasteiger partial charge >= 0.3 is 0 Å². The third-order valence-electron chi connectivity index (χ3n) is 5.47. The van der Waals surface area contributed by atoms with Crippen molar-refractivity contribution in [2.24, 2.45) is 13.0 Å². The number of pyridine rings is 1. The zero-order chi connectivity index (χ0) is 16.5. The minimum atomic E-state index is 0.530. The molecule has 2 aliphatic heterocycles. The first-order valence-electron chi connectivity index (χ1n) is 8.57. The Balaban J connectivity index is 1.53. The average molecular weight is 322 g/mol. The Morgan fingerprint density at radius 2 is 2.12 bits per heavy atom. The van der Waals surface area contributed by atoms with Crippen LogP contribution in [0.3, 0.4) is 0 Å². The molecule has 2 atom stereocenters. The van der Waals surface area contributed by atoms with E-state index in [2.05, 4.69) is 32.0 Å². The number of aromatic nitrogens is 3. The molecule has 24 heavy (non-hydrogen) atoms. The van der Waals surface area contributed by atoms with E-state index in [1.54, 1.807) is 6.20 Å². The molecule has 0 amide bonds. The van der Waals surface area contributed by atoms with E-state index in [1.165, 1.54) is 18.5 Å². The number of nitrogens with zero attached hydrogens (tertiary/aromatic N) is 6. The molecule has 0 bridgehead atoms. The van der Waals surface area contributed by atoms with Crippen LogP contribution in [0.25, 0.3) is 0 Å². The molecule has 124 valence electrons. The summed E-state index contributed by atoms with van der Waals surface area (Å²) in [5.41, 5.74) is 1.93. The van der Waals surface area contributed by atoms with Gasteiger partial charge in [-0.1, -0.05) is 0 Å². The van der Waals surface area contributed by atoms with Crippen LogP contribution in [0.4, 0.5) is 5.82 Å². The number of hydrogen-bond acceptors (Lipinski definition) is 5. The third kappa shape index (κ3) is 2.65. The second-order valence-electron chi connectivity index (χ2n) is 6.75. The van der Waals surface area contributed by atoms with Gasteiger partial charge in [0, 0.05) is 45.1 Å². The zero-order valence-electron chi connectivity index (χ0n) is 14.0. The van der Waals surface area contributed by atoms with E-state index in [1.807, 2.05) is 30.1 Å². The van der Waals surface area contributed by atoms with Crippen molar-refractivity contribution in [2.45, 2.75) is 25.4 Å². The molecular weight excluding hydrogens is 300 g/mol. The van der Waals surface area contributed by atoms with Crippen molar-refractivity contribution < 1.29 is 0 Å². The fourth-order valence-electron chi connectivity index (χ4n) is 4.12. The summed E-state index contributed by atoms with van der Waals surface area (Å²) in [7, 11) is 2.00. The van der Waals surface area contributed by atoms with E-state index < -0.39 is 0 Å². The highest BCUT2D eigenvalue weighted by atomic mass is 15.3. The molecular formula is C18H22N6. The van der Waals surface area contributed by atoms with Crippen molar-refractivity contribution in [1.29, 1.82) is 5.26 Å². The highest BCUT2D eigenvalue weighted by Crippen LogP contribution is 2.34. The lowest BCUT2D eigenvalue weighted by Gasteiger charge is -2.39. The molecule has 4 rings (SSSR count). The summed E-state index contributed by atoms with van der Waals surface area (Å²) in [6.07, 6.45) is 6.09. The molecule has 2 aromatic rings. The minimum Gasteiger partial charge on any atom is -0.354 e. The maximum absolute atomic E-state index is 9.35. The van der Waals surface area contributed by atoms with E-state index in [0.717, 1.165) is 37.9 Å². The van der Waals surface area contributed by atoms with Crippen LogP contribution in [0.1, 0.15) is 24.1 Å². The van der Waals surface area contributed by atoms with E-state index in [4.69, 9.17) is 0 Å². The molecule has 0 spiro atoms. The molecule has 2 fully saturated rings. The van der Waals surface area contributed by atoms with Crippen LogP contribution in [0.2, 0.25) is 0 Å². The van der Waals surface area contributed by atoms with Gasteiger partial charge in [-0.15, -0.1) is 0 Å². The lowest BCUT2D eigenvalue weighted by atomic mass is 9.92. The van der Waals surface area contributed by atoms with Crippen LogP contribution >= 0.6 is 0 Å². The number of fused-ring (bicyclic) bond motifs is 1. The molecule has 0 aliphatic carbocycles. The van der Waals surface area contributed by atoms with E-state index in [9.17, 15) is 5.26 Å². The Morgan fingerprint density at radius 1 is 1.25 bits per heavy atom. The quantitative estimate of drug-likeness (QED) is 0.862. The summed E-state index contributed by atoms with van der Waals surface area (Å²) in [4.78, 5) is 9.34. The first-order valence-corrected chi connectivity index (χ1v) is 8.57. The summed E-state index contributed by atoms with van der Waals surface area (Å²) in [5.74, 6) is 1.59. The van der Waals surface area contributed by atoms with Gasteiger partial charge in [0.15, 0.2) is 0 Å². The largest absolute Gasteiger partial charge is 0.354 e. The lowest BCUT2D eigenvalue weighted by molar-refractivity contribution is 0.196. The van der Waals surface area contributed by atoms with E-state index in [0.29, 0.717) is 11.6 Å². The third-order valence-corrected chi connectivity index (χ3v) is 5.47. The Kier molecular flexibility index (Phi) is 3.95. The van der Waals surface area contributed by atoms with Gasteiger partial charge in [-0.2, -0.15) is 10.4 Å². The van der Waals surface area contributed by atoms with Crippen molar-refractivity contribution in [3.8, 4) is 6.07 Å². The van der Waals surface area contributed by atoms with Gasteiger partial charge in [0.05, 0.1) is 11.3 Å². The first kappa shape index (κ1) is 15.2. The number of aryl methyl sites for hydroxylation is 1. The van der Waals surface area contributed by atoms with Gasteiger partial charge in [-0.25, -0.2) is 4.98 Å². The van der Waals surface area contributed by atoms with Gasteiger partial charge in [0.25, 0.3) is 0 Å². The number of likely N-dealkylation sites (tertiary alicyclic amines) is 1. The van der Waals surface area contributed by atoms with Crippen LogP contribution in [0.15, 0.2) is 30.6 Å². The SMILES string of the molecule is Cn1nccc1CN1CCC2CCN(c3ncccc3C#N)CC21. The van der Waals surface area contributed by atoms with Crippen molar-refractivity contribution in [1.82, 2.24) is 19.7 Å². The second-order valence-corrected chi connectivity index (χ2v) is 6.75. The van der Waals surface area contributed by atoms with Crippen molar-refractivity contribution in [2.75, 3.05) is 24.5 Å². The fraction of sp³-hybridized carbons (Fsp3) is 0.500. The minimum absolute atomic E-state index is 0.530. The molecule has 2 unspecified atom stereocenters. The highest BCUT2D eigenvalue weighted by Gasteiger charge is 2.39. The Labute approximate surface area is 142 Å². The molecule has 2 saturated heterocycles. The Bertz CT molecular complexity index is 761. The Morgan fingerprint density at radius 3 is 2.92 bits per heavy atom. The van der Waals surface area contributed by atoms with Gasteiger partial charge < -0.3 is 4.90 Å². The normalized spacial score (nSPS) is 23.9. The molecule has 6 heteroatoms. The topological polar surface area (TPSA) is 61.0 Å². The zero-order valence-corrected chi connectivity index (χ0v) is 14.0. The summed E-state index contributed by atoms with van der Waals surface area (Å²) in [6.45, 7) is 4.03. The van der Waals surface area contributed by atoms with E-state index >= 15 is 0 Å². The predicted octanol–water partition coefficient (Wildman–Crippen LogP) is 1.79. The molecule has 0 aromatic carbocycles. The van der Waals surface area contributed by atoms with Crippen molar-refractivity contribution in [3.63, 3.8) is 0 Å². The Hall–Kier alpha value is -2.39. The summed E-state index contributed by atoms with van der Waals surface area (Å²) < 4.78 is 1.96. The maximum atomic E-state index is 9.35. The van der Waals surface area contributed by atoms with Crippen LogP contribution in [-0.2, 0) is 13.6 Å². The number of piperidine rings is 1. The number of rotatable bonds is 3. The monoisotopic (exact) mass is 322 g/mol. The average Bonchev–Trinajstić information content (AvgIpc) is 3.21. The molecule has 6 nitrogen and oxygen atoms in total. The second kappa shape index (κ2) is 6.25. The number of hydrogen-bond donors (Lipinski definition) is 0. The predicted molar refractivity (Wildman–Crippen MR) is 91.3 cm³/mol. The maximum Gasteiger partial charge on any atom is 0.146 e. The molecule has 0 saturated carbocycles. The van der Waals surface area contributed by atoms with Crippen LogP contribution < -0.4 is 4.90 Å². The molecule has 4 heterocycles. The fourth-order valence-corrected chi connectivity index (χ4v) is 4.12. The van der Waals surface area contributed by atoms with Crippen molar-refractivity contribution in [3.05, 3.63) is 41.9 Å². The first-order chi connectivity index (χ1) is 11.8. The summed E-state index contributed by atoms with van der Waals surface area (Å²) in [6, 6.07) is 8.60. The van der Waals surface area contributed by atoms with Gasteiger partial charge in [0.2, 0.25) is 0 Å². The van der Waals surface area contributed by atoms with Gasteiger partial charge in [-0.05, 0) is 43.5 Å². The summed E-state index contributed by atoms with van der Waals surface area (Å²) in [5, 5.41) is 13.6. The standard InChI is InChI=1S/C18H22N6/c1-22-16(4-8-21-22)12-23-9-5-14-6-10-24(13-17(14)23)18-15(11-19)3-2-7-20-18/h2-4,7-8,14,17H,5-6,9-10,12-13H2,1H3. The van der Waals surface area contributed by atoms with Crippen LogP contribution in [-0.4, -0.2) is 45.3 Å².